The quantitative estimate of drug-likeness (QED) is 0.579. The van der Waals surface area contributed by atoms with Crippen molar-refractivity contribution in [2.24, 2.45) is 0 Å². The number of fused-ring (bicyclic) bond motifs is 1. The van der Waals surface area contributed by atoms with E-state index >= 15 is 0 Å². The van der Waals surface area contributed by atoms with Crippen LogP contribution in [-0.4, -0.2) is 32.8 Å². The molecule has 0 bridgehead atoms. The number of methoxy groups -OCH3 is 1. The Morgan fingerprint density at radius 1 is 1.18 bits per heavy atom. The molecular formula is C21H19N5O2. The van der Waals surface area contributed by atoms with E-state index in [0.29, 0.717) is 29.2 Å². The van der Waals surface area contributed by atoms with E-state index in [1.165, 1.54) is 6.33 Å². The van der Waals surface area contributed by atoms with Crippen molar-refractivity contribution in [2.45, 2.75) is 13.5 Å². The van der Waals surface area contributed by atoms with Crippen LogP contribution < -0.4 is 10.1 Å². The molecule has 0 spiro atoms. The number of amides is 1. The molecule has 0 aliphatic rings. The molecule has 1 N–H and O–H groups in total. The standard InChI is InChI=1S/C21H19N5O2/c1-14-18(10-16-6-4-8-19(28-2)20(16)24-14)21(27)25-17-7-3-5-15(9-17)11-26-13-22-12-23-26/h3-10,12-13H,11H2,1-2H3,(H,25,27). The van der Waals surface area contributed by atoms with Crippen molar-refractivity contribution in [3.63, 3.8) is 0 Å². The molecule has 28 heavy (non-hydrogen) atoms. The summed E-state index contributed by atoms with van der Waals surface area (Å²) in [6.07, 6.45) is 3.15. The van der Waals surface area contributed by atoms with Crippen molar-refractivity contribution < 1.29 is 9.53 Å². The number of rotatable bonds is 5. The highest BCUT2D eigenvalue weighted by molar-refractivity contribution is 6.07. The second kappa shape index (κ2) is 7.48. The molecule has 7 nitrogen and oxygen atoms in total. The van der Waals surface area contributed by atoms with Crippen LogP contribution in [0.5, 0.6) is 5.75 Å². The van der Waals surface area contributed by atoms with Gasteiger partial charge >= 0.3 is 0 Å². The summed E-state index contributed by atoms with van der Waals surface area (Å²) in [4.78, 5) is 21.4. The SMILES string of the molecule is COc1cccc2cc(C(=O)Nc3cccc(Cn4cncn4)c3)c(C)nc12. The van der Waals surface area contributed by atoms with Gasteiger partial charge in [-0.2, -0.15) is 5.10 Å². The van der Waals surface area contributed by atoms with Gasteiger partial charge in [0.05, 0.1) is 24.9 Å². The zero-order chi connectivity index (χ0) is 19.5. The number of anilines is 1. The zero-order valence-corrected chi connectivity index (χ0v) is 15.6. The van der Waals surface area contributed by atoms with Gasteiger partial charge in [-0.1, -0.05) is 24.3 Å². The molecule has 0 aliphatic heterocycles. The predicted octanol–water partition coefficient (Wildman–Crippen LogP) is 3.44. The Bertz CT molecular complexity index is 1140. The van der Waals surface area contributed by atoms with Gasteiger partial charge in [0.15, 0.2) is 0 Å². The minimum atomic E-state index is -0.201. The van der Waals surface area contributed by atoms with Crippen LogP contribution >= 0.6 is 0 Å². The highest BCUT2D eigenvalue weighted by atomic mass is 16.5. The van der Waals surface area contributed by atoms with Crippen LogP contribution in [0.4, 0.5) is 5.69 Å². The molecule has 0 saturated carbocycles. The van der Waals surface area contributed by atoms with E-state index in [9.17, 15) is 4.79 Å². The molecule has 0 unspecified atom stereocenters. The van der Waals surface area contributed by atoms with Gasteiger partial charge in [-0.05, 0) is 36.8 Å². The van der Waals surface area contributed by atoms with Crippen molar-refractivity contribution in [2.75, 3.05) is 12.4 Å². The zero-order valence-electron chi connectivity index (χ0n) is 15.6. The third kappa shape index (κ3) is 3.55. The molecule has 1 amide bonds. The summed E-state index contributed by atoms with van der Waals surface area (Å²) in [5.41, 5.74) is 3.65. The van der Waals surface area contributed by atoms with E-state index in [2.05, 4.69) is 20.4 Å². The van der Waals surface area contributed by atoms with E-state index in [0.717, 1.165) is 16.5 Å². The average molecular weight is 373 g/mol. The molecule has 2 aromatic heterocycles. The van der Waals surface area contributed by atoms with Crippen molar-refractivity contribution >= 4 is 22.5 Å². The summed E-state index contributed by atoms with van der Waals surface area (Å²) < 4.78 is 7.09. The first-order valence-corrected chi connectivity index (χ1v) is 8.81. The molecule has 2 heterocycles. The molecule has 140 valence electrons. The van der Waals surface area contributed by atoms with Crippen molar-refractivity contribution in [3.05, 3.63) is 78.0 Å². The number of aryl methyl sites for hydroxylation is 1. The van der Waals surface area contributed by atoms with Crippen LogP contribution in [0.1, 0.15) is 21.6 Å². The first-order chi connectivity index (χ1) is 13.6. The summed E-state index contributed by atoms with van der Waals surface area (Å²) in [5.74, 6) is 0.487. The van der Waals surface area contributed by atoms with Gasteiger partial charge in [0, 0.05) is 11.1 Å². The molecule has 4 aromatic rings. The number of ether oxygens (including phenoxy) is 1. The molecule has 0 saturated heterocycles. The minimum Gasteiger partial charge on any atom is -0.494 e. The number of benzene rings is 2. The van der Waals surface area contributed by atoms with Crippen molar-refractivity contribution in [1.29, 1.82) is 0 Å². The fourth-order valence-electron chi connectivity index (χ4n) is 3.11. The van der Waals surface area contributed by atoms with Crippen LogP contribution in [-0.2, 0) is 6.54 Å². The number of hydrogen-bond donors (Lipinski definition) is 1. The van der Waals surface area contributed by atoms with Crippen LogP contribution in [0.25, 0.3) is 10.9 Å². The lowest BCUT2D eigenvalue weighted by Crippen LogP contribution is -2.14. The Morgan fingerprint density at radius 3 is 2.82 bits per heavy atom. The van der Waals surface area contributed by atoms with Gasteiger partial charge in [0.2, 0.25) is 0 Å². The number of aromatic nitrogens is 4. The molecule has 4 rings (SSSR count). The Labute approximate surface area is 162 Å². The summed E-state index contributed by atoms with van der Waals surface area (Å²) in [6.45, 7) is 2.40. The van der Waals surface area contributed by atoms with Crippen LogP contribution in [0.2, 0.25) is 0 Å². The molecule has 7 heteroatoms. The second-order valence-corrected chi connectivity index (χ2v) is 6.40. The van der Waals surface area contributed by atoms with E-state index in [1.54, 1.807) is 18.1 Å². The second-order valence-electron chi connectivity index (χ2n) is 6.40. The van der Waals surface area contributed by atoms with E-state index in [-0.39, 0.29) is 5.91 Å². The smallest absolute Gasteiger partial charge is 0.257 e. The van der Waals surface area contributed by atoms with Crippen LogP contribution in [0.3, 0.4) is 0 Å². The monoisotopic (exact) mass is 373 g/mol. The van der Waals surface area contributed by atoms with Gasteiger partial charge < -0.3 is 10.1 Å². The summed E-state index contributed by atoms with van der Waals surface area (Å²) in [5, 5.41) is 7.92. The highest BCUT2D eigenvalue weighted by Gasteiger charge is 2.14. The predicted molar refractivity (Wildman–Crippen MR) is 107 cm³/mol. The van der Waals surface area contributed by atoms with Gasteiger partial charge in [-0.15, -0.1) is 0 Å². The van der Waals surface area contributed by atoms with Gasteiger partial charge in [0.1, 0.15) is 23.9 Å². The minimum absolute atomic E-state index is 0.201. The van der Waals surface area contributed by atoms with E-state index < -0.39 is 0 Å². The highest BCUT2D eigenvalue weighted by Crippen LogP contribution is 2.26. The first-order valence-electron chi connectivity index (χ1n) is 8.81. The molecule has 2 aromatic carbocycles. The number of carbonyl (C=O) groups is 1. The van der Waals surface area contributed by atoms with E-state index in [4.69, 9.17) is 4.74 Å². The maximum Gasteiger partial charge on any atom is 0.257 e. The summed E-state index contributed by atoms with van der Waals surface area (Å²) in [7, 11) is 1.61. The number of pyridine rings is 1. The van der Waals surface area contributed by atoms with E-state index in [1.807, 2.05) is 55.5 Å². The number of nitrogens with zero attached hydrogens (tertiary/aromatic N) is 4. The van der Waals surface area contributed by atoms with Gasteiger partial charge in [0.25, 0.3) is 5.91 Å². The fourth-order valence-corrected chi connectivity index (χ4v) is 3.11. The molecule has 0 atom stereocenters. The molecular weight excluding hydrogens is 354 g/mol. The summed E-state index contributed by atoms with van der Waals surface area (Å²) in [6, 6.07) is 15.2. The van der Waals surface area contributed by atoms with Gasteiger partial charge in [-0.3, -0.25) is 4.79 Å². The van der Waals surface area contributed by atoms with Crippen molar-refractivity contribution in [1.82, 2.24) is 19.7 Å². The fraction of sp³-hybridized carbons (Fsp3) is 0.143. The largest absolute Gasteiger partial charge is 0.494 e. The Hall–Kier alpha value is -3.74. The average Bonchev–Trinajstić information content (AvgIpc) is 3.20. The lowest BCUT2D eigenvalue weighted by atomic mass is 10.1. The third-order valence-electron chi connectivity index (χ3n) is 4.46. The molecule has 0 radical (unpaired) electrons. The molecule has 0 fully saturated rings. The van der Waals surface area contributed by atoms with Crippen LogP contribution in [0, 0.1) is 6.92 Å². The Balaban J connectivity index is 1.59. The molecule has 0 aliphatic carbocycles. The number of para-hydroxylation sites is 1. The van der Waals surface area contributed by atoms with Gasteiger partial charge in [-0.25, -0.2) is 14.6 Å². The first kappa shape index (κ1) is 17.7. The number of carbonyl (C=O) groups excluding carboxylic acids is 1. The lowest BCUT2D eigenvalue weighted by Gasteiger charge is -2.11. The normalized spacial score (nSPS) is 10.8. The maximum absolute atomic E-state index is 12.9. The Kier molecular flexibility index (Phi) is 4.72. The summed E-state index contributed by atoms with van der Waals surface area (Å²) >= 11 is 0. The topological polar surface area (TPSA) is 81.9 Å². The van der Waals surface area contributed by atoms with Crippen LogP contribution in [0.15, 0.2) is 61.2 Å². The third-order valence-corrected chi connectivity index (χ3v) is 4.46. The Morgan fingerprint density at radius 2 is 2.04 bits per heavy atom. The number of hydrogen-bond acceptors (Lipinski definition) is 5. The van der Waals surface area contributed by atoms with Crippen molar-refractivity contribution in [3.8, 4) is 5.75 Å². The number of nitrogens with one attached hydrogen (secondary N) is 1. The maximum atomic E-state index is 12.9. The lowest BCUT2D eigenvalue weighted by molar-refractivity contribution is 0.102.